The van der Waals surface area contributed by atoms with Crippen molar-refractivity contribution in [2.75, 3.05) is 23.8 Å². The lowest BCUT2D eigenvalue weighted by Crippen LogP contribution is -2.32. The van der Waals surface area contributed by atoms with Crippen molar-refractivity contribution in [2.45, 2.75) is 6.54 Å². The molecule has 1 heterocycles. The number of nitrogen functional groups attached to an aromatic ring is 1. The highest BCUT2D eigenvalue weighted by atomic mass is 35.5. The zero-order valence-electron chi connectivity index (χ0n) is 10.5. The fraction of sp³-hybridized carbons (Fsp3) is 0.200. The predicted octanol–water partition coefficient (Wildman–Crippen LogP) is 3.32. The molecule has 2 aromatic rings. The average molecular weight is 275 g/mol. The summed E-state index contributed by atoms with van der Waals surface area (Å²) in [5.41, 5.74) is 8.84. The van der Waals surface area contributed by atoms with Gasteiger partial charge in [0.2, 0.25) is 0 Å². The van der Waals surface area contributed by atoms with Gasteiger partial charge in [0.1, 0.15) is 12.4 Å². The van der Waals surface area contributed by atoms with Crippen LogP contribution in [0.4, 0.5) is 11.4 Å². The fourth-order valence-electron chi connectivity index (χ4n) is 2.31. The molecule has 1 aliphatic rings. The van der Waals surface area contributed by atoms with Gasteiger partial charge in [-0.05, 0) is 35.9 Å². The van der Waals surface area contributed by atoms with Crippen LogP contribution in [0.15, 0.2) is 42.5 Å². The van der Waals surface area contributed by atoms with Crippen molar-refractivity contribution < 1.29 is 4.74 Å². The molecule has 0 atom stereocenters. The summed E-state index contributed by atoms with van der Waals surface area (Å²) in [6.07, 6.45) is 0. The number of nitrogens with zero attached hydrogens (tertiary/aromatic N) is 1. The Balaban J connectivity index is 1.89. The van der Waals surface area contributed by atoms with Gasteiger partial charge in [-0.15, -0.1) is 0 Å². The SMILES string of the molecule is Nc1ccc2c(c1)N(Cc1cccc(Cl)c1)CCO2. The number of nitrogens with two attached hydrogens (primary N) is 1. The summed E-state index contributed by atoms with van der Waals surface area (Å²) in [7, 11) is 0. The maximum absolute atomic E-state index is 6.02. The molecule has 0 saturated heterocycles. The second kappa shape index (κ2) is 5.02. The molecule has 0 amide bonds. The van der Waals surface area contributed by atoms with Crippen LogP contribution >= 0.6 is 11.6 Å². The smallest absolute Gasteiger partial charge is 0.142 e. The third-order valence-corrected chi connectivity index (χ3v) is 3.44. The minimum Gasteiger partial charge on any atom is -0.490 e. The second-order valence-corrected chi connectivity index (χ2v) is 5.06. The minimum atomic E-state index is 0.692. The summed E-state index contributed by atoms with van der Waals surface area (Å²) in [5.74, 6) is 0.891. The molecule has 2 N–H and O–H groups in total. The predicted molar refractivity (Wildman–Crippen MR) is 78.9 cm³/mol. The Morgan fingerprint density at radius 1 is 1.21 bits per heavy atom. The van der Waals surface area contributed by atoms with Crippen LogP contribution in [0.5, 0.6) is 5.75 Å². The number of hydrogen-bond acceptors (Lipinski definition) is 3. The lowest BCUT2D eigenvalue weighted by Gasteiger charge is -2.31. The molecule has 3 rings (SSSR count). The third-order valence-electron chi connectivity index (χ3n) is 3.20. The number of benzene rings is 2. The second-order valence-electron chi connectivity index (χ2n) is 4.63. The molecule has 0 fully saturated rings. The maximum atomic E-state index is 6.02. The van der Waals surface area contributed by atoms with Crippen molar-refractivity contribution in [3.05, 3.63) is 53.1 Å². The molecular weight excluding hydrogens is 260 g/mol. The molecule has 19 heavy (non-hydrogen) atoms. The standard InChI is InChI=1S/C15H15ClN2O/c16-12-3-1-2-11(8-12)10-18-6-7-19-15-5-4-13(17)9-14(15)18/h1-5,8-9H,6-7,10,17H2. The van der Waals surface area contributed by atoms with Crippen LogP contribution in [0, 0.1) is 0 Å². The molecule has 0 aliphatic carbocycles. The van der Waals surface area contributed by atoms with Crippen LogP contribution in [0.3, 0.4) is 0 Å². The van der Waals surface area contributed by atoms with Crippen molar-refractivity contribution in [3.8, 4) is 5.75 Å². The van der Waals surface area contributed by atoms with Gasteiger partial charge < -0.3 is 15.4 Å². The van der Waals surface area contributed by atoms with E-state index in [0.29, 0.717) is 6.61 Å². The van der Waals surface area contributed by atoms with E-state index < -0.39 is 0 Å². The first-order valence-electron chi connectivity index (χ1n) is 6.24. The van der Waals surface area contributed by atoms with Gasteiger partial charge in [-0.3, -0.25) is 0 Å². The van der Waals surface area contributed by atoms with E-state index in [9.17, 15) is 0 Å². The Hall–Kier alpha value is -1.87. The summed E-state index contributed by atoms with van der Waals surface area (Å²) in [6.45, 7) is 2.35. The largest absolute Gasteiger partial charge is 0.490 e. The van der Waals surface area contributed by atoms with E-state index in [1.807, 2.05) is 36.4 Å². The maximum Gasteiger partial charge on any atom is 0.142 e. The van der Waals surface area contributed by atoms with Crippen LogP contribution in [-0.2, 0) is 6.54 Å². The number of hydrogen-bond donors (Lipinski definition) is 1. The Labute approximate surface area is 117 Å². The Morgan fingerprint density at radius 3 is 2.95 bits per heavy atom. The summed E-state index contributed by atoms with van der Waals surface area (Å²) >= 11 is 6.02. The number of fused-ring (bicyclic) bond motifs is 1. The molecule has 0 aromatic heterocycles. The van der Waals surface area contributed by atoms with Crippen molar-refractivity contribution in [3.63, 3.8) is 0 Å². The van der Waals surface area contributed by atoms with Crippen LogP contribution in [-0.4, -0.2) is 13.2 Å². The quantitative estimate of drug-likeness (QED) is 0.854. The molecule has 0 radical (unpaired) electrons. The average Bonchev–Trinajstić information content (AvgIpc) is 2.39. The Bertz CT molecular complexity index is 600. The lowest BCUT2D eigenvalue weighted by molar-refractivity contribution is 0.307. The lowest BCUT2D eigenvalue weighted by atomic mass is 10.1. The van der Waals surface area contributed by atoms with Crippen LogP contribution < -0.4 is 15.4 Å². The van der Waals surface area contributed by atoms with Gasteiger partial charge in [-0.2, -0.15) is 0 Å². The molecule has 0 unspecified atom stereocenters. The molecule has 0 saturated carbocycles. The number of rotatable bonds is 2. The van der Waals surface area contributed by atoms with Gasteiger partial charge in [0.05, 0.1) is 12.2 Å². The highest BCUT2D eigenvalue weighted by molar-refractivity contribution is 6.30. The van der Waals surface area contributed by atoms with Crippen LogP contribution in [0.1, 0.15) is 5.56 Å². The summed E-state index contributed by atoms with van der Waals surface area (Å²) in [5, 5.41) is 0.763. The number of ether oxygens (including phenoxy) is 1. The molecule has 2 aromatic carbocycles. The Morgan fingerprint density at radius 2 is 2.11 bits per heavy atom. The van der Waals surface area contributed by atoms with Crippen molar-refractivity contribution >= 4 is 23.0 Å². The molecule has 0 bridgehead atoms. The topological polar surface area (TPSA) is 38.5 Å². The number of halogens is 1. The first kappa shape index (κ1) is 12.2. The monoisotopic (exact) mass is 274 g/mol. The van der Waals surface area contributed by atoms with Gasteiger partial charge in [0.25, 0.3) is 0 Å². The molecule has 3 nitrogen and oxygen atoms in total. The minimum absolute atomic E-state index is 0.692. The highest BCUT2D eigenvalue weighted by Crippen LogP contribution is 2.34. The first-order valence-corrected chi connectivity index (χ1v) is 6.62. The summed E-state index contributed by atoms with van der Waals surface area (Å²) < 4.78 is 5.65. The van der Waals surface area contributed by atoms with Crippen LogP contribution in [0.2, 0.25) is 5.02 Å². The first-order chi connectivity index (χ1) is 9.22. The van der Waals surface area contributed by atoms with Gasteiger partial charge in [-0.1, -0.05) is 23.7 Å². The van der Waals surface area contributed by atoms with Gasteiger partial charge in [-0.25, -0.2) is 0 Å². The number of anilines is 2. The molecule has 98 valence electrons. The Kier molecular flexibility index (Phi) is 3.22. The van der Waals surface area contributed by atoms with Gasteiger partial charge in [0, 0.05) is 17.3 Å². The molecular formula is C15H15ClN2O. The van der Waals surface area contributed by atoms with E-state index in [-0.39, 0.29) is 0 Å². The van der Waals surface area contributed by atoms with Gasteiger partial charge >= 0.3 is 0 Å². The van der Waals surface area contributed by atoms with E-state index in [1.165, 1.54) is 5.56 Å². The van der Waals surface area contributed by atoms with Crippen LogP contribution in [0.25, 0.3) is 0 Å². The third kappa shape index (κ3) is 2.61. The molecule has 0 spiro atoms. The zero-order chi connectivity index (χ0) is 13.2. The van der Waals surface area contributed by atoms with Crippen molar-refractivity contribution in [1.82, 2.24) is 0 Å². The van der Waals surface area contributed by atoms with E-state index in [0.717, 1.165) is 35.2 Å². The van der Waals surface area contributed by atoms with Crippen molar-refractivity contribution in [2.24, 2.45) is 0 Å². The highest BCUT2D eigenvalue weighted by Gasteiger charge is 2.18. The molecule has 4 heteroatoms. The van der Waals surface area contributed by atoms with Gasteiger partial charge in [0.15, 0.2) is 0 Å². The molecule has 1 aliphatic heterocycles. The van der Waals surface area contributed by atoms with E-state index in [4.69, 9.17) is 22.1 Å². The summed E-state index contributed by atoms with van der Waals surface area (Å²) in [4.78, 5) is 2.26. The van der Waals surface area contributed by atoms with E-state index in [2.05, 4.69) is 11.0 Å². The fourth-order valence-corrected chi connectivity index (χ4v) is 2.52. The van der Waals surface area contributed by atoms with Crippen molar-refractivity contribution in [1.29, 1.82) is 0 Å². The van der Waals surface area contributed by atoms with E-state index in [1.54, 1.807) is 0 Å². The summed E-state index contributed by atoms with van der Waals surface area (Å²) in [6, 6.07) is 13.7. The zero-order valence-corrected chi connectivity index (χ0v) is 11.2. The normalized spacial score (nSPS) is 13.8. The van der Waals surface area contributed by atoms with E-state index >= 15 is 0 Å².